The molecule has 2 amide bonds. The lowest BCUT2D eigenvalue weighted by molar-refractivity contribution is -0.126. The highest BCUT2D eigenvalue weighted by molar-refractivity contribution is 5.82. The van der Waals surface area contributed by atoms with Crippen LogP contribution in [0, 0.1) is 5.92 Å². The molecule has 1 aromatic rings. The SMILES string of the molecule is CC.CC.CC.CC.CNC(=O)C1CCCC1NC(=O)Cc1ccccc1. The minimum absolute atomic E-state index is 0.00740. The fraction of sp³-hybridized carbons (Fsp3) is 0.652. The minimum atomic E-state index is -0.0790. The van der Waals surface area contributed by atoms with Gasteiger partial charge in [-0.1, -0.05) is 92.1 Å². The molecule has 2 rings (SSSR count). The molecule has 0 saturated heterocycles. The van der Waals surface area contributed by atoms with Gasteiger partial charge in [-0.15, -0.1) is 0 Å². The first-order chi connectivity index (χ1) is 13.2. The first-order valence-corrected chi connectivity index (χ1v) is 10.8. The number of hydrogen-bond acceptors (Lipinski definition) is 2. The summed E-state index contributed by atoms with van der Waals surface area (Å²) in [6, 6.07) is 9.63. The number of amides is 2. The molecule has 2 N–H and O–H groups in total. The largest absolute Gasteiger partial charge is 0.359 e. The second kappa shape index (κ2) is 22.2. The Hall–Kier alpha value is -1.84. The zero-order valence-electron chi connectivity index (χ0n) is 19.2. The number of rotatable bonds is 4. The zero-order valence-corrected chi connectivity index (χ0v) is 19.2. The summed E-state index contributed by atoms with van der Waals surface area (Å²) in [4.78, 5) is 23.7. The third-order valence-corrected chi connectivity index (χ3v) is 3.65. The zero-order chi connectivity index (χ0) is 21.7. The Morgan fingerprint density at radius 1 is 0.889 bits per heavy atom. The summed E-state index contributed by atoms with van der Waals surface area (Å²) < 4.78 is 0. The Bertz CT molecular complexity index is 447. The topological polar surface area (TPSA) is 58.2 Å². The van der Waals surface area contributed by atoms with Gasteiger partial charge in [-0.25, -0.2) is 0 Å². The van der Waals surface area contributed by atoms with Gasteiger partial charge >= 0.3 is 0 Å². The second-order valence-corrected chi connectivity index (χ2v) is 4.99. The van der Waals surface area contributed by atoms with Crippen molar-refractivity contribution in [3.05, 3.63) is 35.9 Å². The van der Waals surface area contributed by atoms with Crippen LogP contribution in [0.3, 0.4) is 0 Å². The summed E-state index contributed by atoms with van der Waals surface area (Å²) in [6.45, 7) is 16.0. The summed E-state index contributed by atoms with van der Waals surface area (Å²) >= 11 is 0. The van der Waals surface area contributed by atoms with E-state index in [1.54, 1.807) is 7.05 Å². The average Bonchev–Trinajstić information content (AvgIpc) is 3.22. The molecule has 1 aliphatic rings. The van der Waals surface area contributed by atoms with Crippen LogP contribution in [0.2, 0.25) is 0 Å². The molecular formula is C23H44N2O2. The predicted octanol–water partition coefficient (Wildman–Crippen LogP) is 5.36. The van der Waals surface area contributed by atoms with Gasteiger partial charge in [-0.2, -0.15) is 0 Å². The fourth-order valence-corrected chi connectivity index (χ4v) is 2.67. The number of carbonyl (C=O) groups excluding carboxylic acids is 2. The third-order valence-electron chi connectivity index (χ3n) is 3.65. The van der Waals surface area contributed by atoms with Crippen LogP contribution >= 0.6 is 0 Å². The normalized spacial score (nSPS) is 16.3. The van der Waals surface area contributed by atoms with Crippen LogP contribution in [-0.2, 0) is 16.0 Å². The Morgan fingerprint density at radius 2 is 1.41 bits per heavy atom. The Morgan fingerprint density at radius 3 is 1.89 bits per heavy atom. The fourth-order valence-electron chi connectivity index (χ4n) is 2.67. The molecule has 2 atom stereocenters. The molecule has 1 fully saturated rings. The van der Waals surface area contributed by atoms with Crippen LogP contribution < -0.4 is 10.6 Å². The van der Waals surface area contributed by atoms with Gasteiger partial charge in [0, 0.05) is 13.1 Å². The van der Waals surface area contributed by atoms with Crippen LogP contribution in [0.15, 0.2) is 30.3 Å². The molecule has 1 aliphatic carbocycles. The molecule has 158 valence electrons. The van der Waals surface area contributed by atoms with E-state index in [4.69, 9.17) is 0 Å². The van der Waals surface area contributed by atoms with Gasteiger partial charge in [0.25, 0.3) is 0 Å². The number of benzene rings is 1. The Kier molecular flexibility index (Phi) is 24.6. The van der Waals surface area contributed by atoms with E-state index < -0.39 is 0 Å². The molecule has 0 aliphatic heterocycles. The number of carbonyl (C=O) groups is 2. The highest BCUT2D eigenvalue weighted by Gasteiger charge is 2.33. The molecule has 0 heterocycles. The predicted molar refractivity (Wildman–Crippen MR) is 119 cm³/mol. The molecule has 27 heavy (non-hydrogen) atoms. The van der Waals surface area contributed by atoms with Gasteiger partial charge in [0.05, 0.1) is 12.3 Å². The van der Waals surface area contributed by atoms with E-state index in [-0.39, 0.29) is 23.8 Å². The molecule has 0 radical (unpaired) electrons. The molecule has 0 bridgehead atoms. The van der Waals surface area contributed by atoms with Crippen molar-refractivity contribution in [2.24, 2.45) is 5.92 Å². The van der Waals surface area contributed by atoms with Crippen molar-refractivity contribution in [3.63, 3.8) is 0 Å². The lowest BCUT2D eigenvalue weighted by atomic mass is 10.0. The molecule has 2 unspecified atom stereocenters. The van der Waals surface area contributed by atoms with Gasteiger partial charge in [0.15, 0.2) is 0 Å². The number of nitrogens with one attached hydrogen (secondary N) is 2. The summed E-state index contributed by atoms with van der Waals surface area (Å²) in [5.41, 5.74) is 0.995. The molecule has 4 heteroatoms. The van der Waals surface area contributed by atoms with Crippen LogP contribution in [-0.4, -0.2) is 24.9 Å². The Balaban J connectivity index is -0.000000638. The maximum absolute atomic E-state index is 12.0. The smallest absolute Gasteiger partial charge is 0.224 e. The van der Waals surface area contributed by atoms with Crippen LogP contribution in [0.5, 0.6) is 0 Å². The van der Waals surface area contributed by atoms with E-state index in [9.17, 15) is 9.59 Å². The summed E-state index contributed by atoms with van der Waals surface area (Å²) in [5, 5.41) is 5.66. The standard InChI is InChI=1S/C15H20N2O2.4C2H6/c1-16-15(19)12-8-5-9-13(12)17-14(18)10-11-6-3-2-4-7-11;4*1-2/h2-4,6-7,12-13H,5,8-10H2,1H3,(H,16,19)(H,17,18);4*1-2H3. The van der Waals surface area contributed by atoms with Gasteiger partial charge in [0.1, 0.15) is 0 Å². The summed E-state index contributed by atoms with van der Waals surface area (Å²) in [7, 11) is 1.64. The molecule has 0 spiro atoms. The van der Waals surface area contributed by atoms with E-state index in [2.05, 4.69) is 10.6 Å². The van der Waals surface area contributed by atoms with Gasteiger partial charge in [0.2, 0.25) is 11.8 Å². The van der Waals surface area contributed by atoms with E-state index >= 15 is 0 Å². The maximum atomic E-state index is 12.0. The molecule has 0 aromatic heterocycles. The quantitative estimate of drug-likeness (QED) is 0.738. The van der Waals surface area contributed by atoms with E-state index in [0.29, 0.717) is 6.42 Å². The molecule has 1 aromatic carbocycles. The van der Waals surface area contributed by atoms with Gasteiger partial charge in [-0.05, 0) is 18.4 Å². The van der Waals surface area contributed by atoms with Crippen molar-refractivity contribution in [1.29, 1.82) is 0 Å². The third kappa shape index (κ3) is 13.0. The maximum Gasteiger partial charge on any atom is 0.224 e. The summed E-state index contributed by atoms with van der Waals surface area (Å²) in [6.07, 6.45) is 3.11. The summed E-state index contributed by atoms with van der Waals surface area (Å²) in [5.74, 6) is -0.0563. The Labute approximate surface area is 168 Å². The average molecular weight is 381 g/mol. The minimum Gasteiger partial charge on any atom is -0.359 e. The molecular weight excluding hydrogens is 336 g/mol. The van der Waals surface area contributed by atoms with Crippen molar-refractivity contribution in [1.82, 2.24) is 10.6 Å². The van der Waals surface area contributed by atoms with E-state index in [0.717, 1.165) is 24.8 Å². The first-order valence-electron chi connectivity index (χ1n) is 10.8. The molecule has 1 saturated carbocycles. The van der Waals surface area contributed by atoms with E-state index in [1.165, 1.54) is 0 Å². The van der Waals surface area contributed by atoms with Crippen LogP contribution in [0.4, 0.5) is 0 Å². The van der Waals surface area contributed by atoms with Crippen LogP contribution in [0.1, 0.15) is 80.2 Å². The monoisotopic (exact) mass is 380 g/mol. The van der Waals surface area contributed by atoms with Crippen molar-refractivity contribution < 1.29 is 9.59 Å². The van der Waals surface area contributed by atoms with E-state index in [1.807, 2.05) is 85.7 Å². The first kappa shape index (κ1) is 29.9. The lowest BCUT2D eigenvalue weighted by Crippen LogP contribution is -2.43. The van der Waals surface area contributed by atoms with Gasteiger partial charge in [-0.3, -0.25) is 9.59 Å². The highest BCUT2D eigenvalue weighted by Crippen LogP contribution is 2.25. The van der Waals surface area contributed by atoms with Crippen molar-refractivity contribution in [2.45, 2.75) is 87.1 Å². The second-order valence-electron chi connectivity index (χ2n) is 4.99. The van der Waals surface area contributed by atoms with Gasteiger partial charge < -0.3 is 10.6 Å². The van der Waals surface area contributed by atoms with Crippen molar-refractivity contribution >= 4 is 11.8 Å². The molecule has 4 nitrogen and oxygen atoms in total. The highest BCUT2D eigenvalue weighted by atomic mass is 16.2. The van der Waals surface area contributed by atoms with Crippen molar-refractivity contribution in [3.8, 4) is 0 Å². The van der Waals surface area contributed by atoms with Crippen molar-refractivity contribution in [2.75, 3.05) is 7.05 Å². The van der Waals surface area contributed by atoms with Crippen LogP contribution in [0.25, 0.3) is 0 Å². The number of hydrogen-bond donors (Lipinski definition) is 2. The lowest BCUT2D eigenvalue weighted by Gasteiger charge is -2.19.